The largest absolute Gasteiger partial charge is 0.458 e. The van der Waals surface area contributed by atoms with Gasteiger partial charge in [0.1, 0.15) is 12.2 Å². The molecule has 0 spiro atoms. The Labute approximate surface area is 175 Å². The SMILES string of the molecule is C=C(C)C(=O)O[C@@H]1CC(C)=C2C(=O)C=C(C)[C@@H]2[C@@H]2OC(=O)[C@@](C)(OC(=O)C(=C)C)[C@@H]21. The molecular weight excluding hydrogens is 388 g/mol. The number of hydrogen-bond donors (Lipinski definition) is 0. The van der Waals surface area contributed by atoms with E-state index in [1.807, 2.05) is 0 Å². The molecule has 3 aliphatic rings. The Bertz CT molecular complexity index is 951. The molecule has 1 aliphatic heterocycles. The lowest BCUT2D eigenvalue weighted by Crippen LogP contribution is -2.50. The van der Waals surface area contributed by atoms with Gasteiger partial charge in [-0.2, -0.15) is 0 Å². The molecule has 160 valence electrons. The van der Waals surface area contributed by atoms with Gasteiger partial charge in [0.15, 0.2) is 5.78 Å². The molecule has 7 heteroatoms. The van der Waals surface area contributed by atoms with Crippen LogP contribution in [-0.4, -0.2) is 41.5 Å². The Balaban J connectivity index is 2.13. The van der Waals surface area contributed by atoms with Crippen LogP contribution in [0, 0.1) is 11.8 Å². The van der Waals surface area contributed by atoms with Gasteiger partial charge in [0.2, 0.25) is 5.60 Å². The van der Waals surface area contributed by atoms with Gasteiger partial charge in [0, 0.05) is 29.1 Å². The molecule has 0 aromatic heterocycles. The molecule has 0 aromatic carbocycles. The summed E-state index contributed by atoms with van der Waals surface area (Å²) < 4.78 is 17.0. The van der Waals surface area contributed by atoms with Crippen LogP contribution in [0.3, 0.4) is 0 Å². The van der Waals surface area contributed by atoms with E-state index < -0.39 is 47.6 Å². The molecule has 0 amide bonds. The minimum Gasteiger partial charge on any atom is -0.458 e. The Hall–Kier alpha value is -2.96. The molecule has 0 unspecified atom stereocenters. The van der Waals surface area contributed by atoms with Crippen molar-refractivity contribution in [2.45, 2.75) is 58.8 Å². The summed E-state index contributed by atoms with van der Waals surface area (Å²) in [5, 5.41) is 0. The van der Waals surface area contributed by atoms with Gasteiger partial charge >= 0.3 is 17.9 Å². The number of ether oxygens (including phenoxy) is 3. The van der Waals surface area contributed by atoms with Crippen LogP contribution < -0.4 is 0 Å². The van der Waals surface area contributed by atoms with Gasteiger partial charge in [-0.1, -0.05) is 24.3 Å². The fourth-order valence-corrected chi connectivity index (χ4v) is 4.54. The van der Waals surface area contributed by atoms with Crippen molar-refractivity contribution in [2.75, 3.05) is 0 Å². The molecule has 0 aromatic rings. The number of carbonyl (C=O) groups excluding carboxylic acids is 4. The monoisotopic (exact) mass is 414 g/mol. The van der Waals surface area contributed by atoms with Gasteiger partial charge in [0.25, 0.3) is 0 Å². The van der Waals surface area contributed by atoms with Gasteiger partial charge < -0.3 is 14.2 Å². The first-order valence-corrected chi connectivity index (χ1v) is 9.77. The van der Waals surface area contributed by atoms with Crippen LogP contribution in [0.5, 0.6) is 0 Å². The van der Waals surface area contributed by atoms with Crippen molar-refractivity contribution in [3.8, 4) is 0 Å². The van der Waals surface area contributed by atoms with Crippen LogP contribution in [0.1, 0.15) is 41.0 Å². The van der Waals surface area contributed by atoms with E-state index in [-0.39, 0.29) is 23.4 Å². The molecule has 2 aliphatic carbocycles. The van der Waals surface area contributed by atoms with E-state index in [0.29, 0.717) is 5.57 Å². The summed E-state index contributed by atoms with van der Waals surface area (Å²) in [6.45, 7) is 15.2. The first kappa shape index (κ1) is 21.7. The van der Waals surface area contributed by atoms with Crippen molar-refractivity contribution >= 4 is 23.7 Å². The molecule has 1 saturated heterocycles. The predicted octanol–water partition coefficient (Wildman–Crippen LogP) is 2.76. The summed E-state index contributed by atoms with van der Waals surface area (Å²) in [5.74, 6) is -3.56. The van der Waals surface area contributed by atoms with Crippen molar-refractivity contribution in [1.82, 2.24) is 0 Å². The van der Waals surface area contributed by atoms with Crippen LogP contribution in [0.2, 0.25) is 0 Å². The highest BCUT2D eigenvalue weighted by molar-refractivity contribution is 6.09. The van der Waals surface area contributed by atoms with Gasteiger partial charge in [-0.15, -0.1) is 0 Å². The summed E-state index contributed by atoms with van der Waals surface area (Å²) in [6.07, 6.45) is 0.0608. The Morgan fingerprint density at radius 1 is 1.13 bits per heavy atom. The lowest BCUT2D eigenvalue weighted by molar-refractivity contribution is -0.175. The van der Waals surface area contributed by atoms with Crippen LogP contribution in [0.4, 0.5) is 0 Å². The Kier molecular flexibility index (Phi) is 5.35. The van der Waals surface area contributed by atoms with E-state index in [4.69, 9.17) is 14.2 Å². The van der Waals surface area contributed by atoms with Crippen molar-refractivity contribution in [3.63, 3.8) is 0 Å². The second-order valence-electron chi connectivity index (χ2n) is 8.53. The normalized spacial score (nSPS) is 32.5. The molecule has 30 heavy (non-hydrogen) atoms. The van der Waals surface area contributed by atoms with E-state index in [0.717, 1.165) is 11.1 Å². The molecule has 7 nitrogen and oxygen atoms in total. The molecule has 0 bridgehead atoms. The molecule has 0 radical (unpaired) electrons. The molecule has 0 saturated carbocycles. The minimum absolute atomic E-state index is 0.124. The van der Waals surface area contributed by atoms with Gasteiger partial charge in [-0.05, 0) is 40.7 Å². The topological polar surface area (TPSA) is 96.0 Å². The van der Waals surface area contributed by atoms with E-state index in [1.54, 1.807) is 13.8 Å². The zero-order valence-electron chi connectivity index (χ0n) is 17.9. The Morgan fingerprint density at radius 2 is 1.73 bits per heavy atom. The highest BCUT2D eigenvalue weighted by atomic mass is 16.6. The van der Waals surface area contributed by atoms with Crippen LogP contribution >= 0.6 is 0 Å². The summed E-state index contributed by atoms with van der Waals surface area (Å²) in [6, 6.07) is 0. The third-order valence-electron chi connectivity index (χ3n) is 6.02. The maximum atomic E-state index is 12.9. The number of carbonyl (C=O) groups is 4. The molecular formula is C23H26O7. The second-order valence-corrected chi connectivity index (χ2v) is 8.53. The van der Waals surface area contributed by atoms with E-state index in [1.165, 1.54) is 26.8 Å². The maximum Gasteiger partial charge on any atom is 0.351 e. The fraction of sp³-hybridized carbons (Fsp3) is 0.478. The smallest absolute Gasteiger partial charge is 0.351 e. The first-order chi connectivity index (χ1) is 13.9. The lowest BCUT2D eigenvalue weighted by Gasteiger charge is -2.34. The van der Waals surface area contributed by atoms with Crippen molar-refractivity contribution in [1.29, 1.82) is 0 Å². The highest BCUT2D eigenvalue weighted by Gasteiger charge is 2.65. The Morgan fingerprint density at radius 3 is 2.30 bits per heavy atom. The van der Waals surface area contributed by atoms with Crippen molar-refractivity contribution in [2.24, 2.45) is 11.8 Å². The number of allylic oxidation sites excluding steroid dienone is 1. The average Bonchev–Trinajstić information content (AvgIpc) is 3.01. The van der Waals surface area contributed by atoms with Gasteiger partial charge in [-0.3, -0.25) is 4.79 Å². The first-order valence-electron chi connectivity index (χ1n) is 9.77. The van der Waals surface area contributed by atoms with Gasteiger partial charge in [-0.25, -0.2) is 14.4 Å². The van der Waals surface area contributed by atoms with Crippen molar-refractivity contribution in [3.05, 3.63) is 47.1 Å². The molecule has 0 N–H and O–H groups in total. The number of hydrogen-bond acceptors (Lipinski definition) is 7. The maximum absolute atomic E-state index is 12.9. The van der Waals surface area contributed by atoms with Crippen LogP contribution in [-0.2, 0) is 33.4 Å². The molecule has 1 heterocycles. The minimum atomic E-state index is -1.71. The van der Waals surface area contributed by atoms with Crippen molar-refractivity contribution < 1.29 is 33.4 Å². The van der Waals surface area contributed by atoms with E-state index >= 15 is 0 Å². The zero-order valence-corrected chi connectivity index (χ0v) is 17.9. The number of esters is 3. The third-order valence-corrected chi connectivity index (χ3v) is 6.02. The molecule has 1 fully saturated rings. The third kappa shape index (κ3) is 3.32. The summed E-state index contributed by atoms with van der Waals surface area (Å²) in [4.78, 5) is 50.3. The number of fused-ring (bicyclic) bond motifs is 3. The van der Waals surface area contributed by atoms with E-state index in [9.17, 15) is 19.2 Å². The standard InChI is InChI=1S/C23H26O7/c1-10(2)20(25)28-15-9-13(6)16-14(24)8-12(5)17(16)19-18(15)23(7,22(27)29-19)30-21(26)11(3)4/h8,15,17-19H,1,3,9H2,2,4-7H3/t15-,17+,18-,19+,23+/m1/s1. The highest BCUT2D eigenvalue weighted by Crippen LogP contribution is 2.51. The number of rotatable bonds is 4. The second kappa shape index (κ2) is 7.38. The zero-order chi connectivity index (χ0) is 22.5. The molecule has 5 atom stereocenters. The fourth-order valence-electron chi connectivity index (χ4n) is 4.54. The lowest BCUT2D eigenvalue weighted by atomic mass is 9.77. The van der Waals surface area contributed by atoms with Crippen LogP contribution in [0.25, 0.3) is 0 Å². The average molecular weight is 414 g/mol. The summed E-state index contributed by atoms with van der Waals surface area (Å²) in [7, 11) is 0. The van der Waals surface area contributed by atoms with Crippen LogP contribution in [0.15, 0.2) is 47.1 Å². The summed E-state index contributed by atoms with van der Waals surface area (Å²) in [5.41, 5.74) is 0.649. The van der Waals surface area contributed by atoms with Gasteiger partial charge in [0.05, 0.1) is 5.92 Å². The summed E-state index contributed by atoms with van der Waals surface area (Å²) >= 11 is 0. The quantitative estimate of drug-likeness (QED) is 0.396. The predicted molar refractivity (Wildman–Crippen MR) is 107 cm³/mol. The van der Waals surface area contributed by atoms with E-state index in [2.05, 4.69) is 13.2 Å². The number of ketones is 1. The molecule has 3 rings (SSSR count).